The average Bonchev–Trinajstić information content (AvgIpc) is 2.60. The van der Waals surface area contributed by atoms with Gasteiger partial charge in [-0.2, -0.15) is 0 Å². The Hall–Kier alpha value is -0.110. The van der Waals surface area contributed by atoms with Gasteiger partial charge in [0.25, 0.3) is 0 Å². The van der Waals surface area contributed by atoms with E-state index in [2.05, 4.69) is 32.6 Å². The van der Waals surface area contributed by atoms with E-state index in [1.165, 1.54) is 19.3 Å². The van der Waals surface area contributed by atoms with Gasteiger partial charge in [-0.25, -0.2) is 4.39 Å². The standard InChI is InChI=1S/C13H26FN/c1-5-12-6-7-13(11(4)10(2)3)15(12)9-8-14/h10-13H,5-9H2,1-4H3. The molecule has 0 spiro atoms. The van der Waals surface area contributed by atoms with Crippen LogP contribution in [0.3, 0.4) is 0 Å². The number of rotatable bonds is 5. The maximum absolute atomic E-state index is 12.6. The van der Waals surface area contributed by atoms with Gasteiger partial charge < -0.3 is 0 Å². The molecule has 1 rings (SSSR count). The molecule has 0 radical (unpaired) electrons. The summed E-state index contributed by atoms with van der Waals surface area (Å²) in [5.74, 6) is 1.39. The first-order valence-electron chi connectivity index (χ1n) is 6.43. The minimum atomic E-state index is -0.197. The van der Waals surface area contributed by atoms with Crippen LogP contribution >= 0.6 is 0 Å². The van der Waals surface area contributed by atoms with Crippen LogP contribution in [0.25, 0.3) is 0 Å². The maximum atomic E-state index is 12.6. The highest BCUT2D eigenvalue weighted by Crippen LogP contribution is 2.33. The number of nitrogens with zero attached hydrogens (tertiary/aromatic N) is 1. The van der Waals surface area contributed by atoms with Crippen LogP contribution in [0.4, 0.5) is 4.39 Å². The van der Waals surface area contributed by atoms with E-state index in [9.17, 15) is 4.39 Å². The average molecular weight is 215 g/mol. The third-order valence-electron chi connectivity index (χ3n) is 4.16. The highest BCUT2D eigenvalue weighted by Gasteiger charge is 2.35. The summed E-state index contributed by atoms with van der Waals surface area (Å²) >= 11 is 0. The van der Waals surface area contributed by atoms with E-state index in [0.717, 1.165) is 0 Å². The molecule has 0 saturated carbocycles. The van der Waals surface area contributed by atoms with Crippen molar-refractivity contribution in [3.63, 3.8) is 0 Å². The summed E-state index contributed by atoms with van der Waals surface area (Å²) in [6.45, 7) is 9.53. The molecule has 1 heterocycles. The molecule has 0 aliphatic carbocycles. The van der Waals surface area contributed by atoms with Crippen LogP contribution in [0.5, 0.6) is 0 Å². The second-order valence-electron chi connectivity index (χ2n) is 5.24. The second kappa shape index (κ2) is 5.83. The van der Waals surface area contributed by atoms with Crippen LogP contribution in [0.1, 0.15) is 47.0 Å². The minimum absolute atomic E-state index is 0.197. The molecule has 3 unspecified atom stereocenters. The van der Waals surface area contributed by atoms with E-state index in [1.807, 2.05) is 0 Å². The predicted molar refractivity (Wildman–Crippen MR) is 63.8 cm³/mol. The molecule has 0 aromatic heterocycles. The van der Waals surface area contributed by atoms with Gasteiger partial charge >= 0.3 is 0 Å². The lowest BCUT2D eigenvalue weighted by Gasteiger charge is -2.34. The molecular weight excluding hydrogens is 189 g/mol. The number of alkyl halides is 1. The first-order chi connectivity index (χ1) is 7.11. The van der Waals surface area contributed by atoms with Gasteiger partial charge in [0.15, 0.2) is 0 Å². The molecule has 0 aromatic rings. The Kier molecular flexibility index (Phi) is 5.04. The third kappa shape index (κ3) is 2.93. The molecule has 1 nitrogen and oxygen atoms in total. The summed E-state index contributed by atoms with van der Waals surface area (Å²) in [6, 6.07) is 1.25. The van der Waals surface area contributed by atoms with Crippen LogP contribution < -0.4 is 0 Å². The molecular formula is C13H26FN. The lowest BCUT2D eigenvalue weighted by Crippen LogP contribution is -2.42. The van der Waals surface area contributed by atoms with Gasteiger partial charge in [0.2, 0.25) is 0 Å². The van der Waals surface area contributed by atoms with Crippen molar-refractivity contribution in [2.45, 2.75) is 59.0 Å². The highest BCUT2D eigenvalue weighted by molar-refractivity contribution is 4.90. The summed E-state index contributed by atoms with van der Waals surface area (Å²) in [5.41, 5.74) is 0. The summed E-state index contributed by atoms with van der Waals surface area (Å²) in [5, 5.41) is 0. The SMILES string of the molecule is CCC1CCC(C(C)C(C)C)N1CCF. The van der Waals surface area contributed by atoms with E-state index in [-0.39, 0.29) is 6.67 Å². The van der Waals surface area contributed by atoms with Crippen LogP contribution in [0.15, 0.2) is 0 Å². The van der Waals surface area contributed by atoms with Crippen LogP contribution in [-0.2, 0) is 0 Å². The van der Waals surface area contributed by atoms with Crippen LogP contribution in [0.2, 0.25) is 0 Å². The van der Waals surface area contributed by atoms with Crippen molar-refractivity contribution >= 4 is 0 Å². The molecule has 15 heavy (non-hydrogen) atoms. The Morgan fingerprint density at radius 2 is 1.93 bits per heavy atom. The predicted octanol–water partition coefficient (Wildman–Crippen LogP) is 3.49. The number of halogens is 1. The lowest BCUT2D eigenvalue weighted by atomic mass is 9.89. The number of hydrogen-bond acceptors (Lipinski definition) is 1. The fourth-order valence-corrected chi connectivity index (χ4v) is 2.86. The number of likely N-dealkylation sites (tertiary alicyclic amines) is 1. The van der Waals surface area contributed by atoms with Crippen molar-refractivity contribution in [3.05, 3.63) is 0 Å². The Labute approximate surface area is 94.0 Å². The van der Waals surface area contributed by atoms with E-state index >= 15 is 0 Å². The van der Waals surface area contributed by atoms with Gasteiger partial charge in [-0.15, -0.1) is 0 Å². The second-order valence-corrected chi connectivity index (χ2v) is 5.24. The summed E-state index contributed by atoms with van der Waals surface area (Å²) < 4.78 is 12.6. The minimum Gasteiger partial charge on any atom is -0.295 e. The summed E-state index contributed by atoms with van der Waals surface area (Å²) in [6.07, 6.45) is 3.69. The molecule has 0 amide bonds. The molecule has 2 heteroatoms. The first kappa shape index (κ1) is 13.0. The Balaban J connectivity index is 2.63. The van der Waals surface area contributed by atoms with Gasteiger partial charge in [-0.05, 0) is 31.1 Å². The molecule has 0 bridgehead atoms. The van der Waals surface area contributed by atoms with E-state index in [1.54, 1.807) is 0 Å². The topological polar surface area (TPSA) is 3.24 Å². The van der Waals surface area contributed by atoms with E-state index < -0.39 is 0 Å². The van der Waals surface area contributed by atoms with Crippen LogP contribution in [0, 0.1) is 11.8 Å². The van der Waals surface area contributed by atoms with E-state index in [4.69, 9.17) is 0 Å². The lowest BCUT2D eigenvalue weighted by molar-refractivity contribution is 0.120. The van der Waals surface area contributed by atoms with Gasteiger partial charge in [0.1, 0.15) is 6.67 Å². The van der Waals surface area contributed by atoms with Crippen molar-refractivity contribution in [2.75, 3.05) is 13.2 Å². The zero-order valence-electron chi connectivity index (χ0n) is 10.7. The molecule has 0 aromatic carbocycles. The van der Waals surface area contributed by atoms with Gasteiger partial charge in [-0.1, -0.05) is 27.7 Å². The molecule has 1 fully saturated rings. The fourth-order valence-electron chi connectivity index (χ4n) is 2.86. The smallest absolute Gasteiger partial charge is 0.102 e. The number of hydrogen-bond donors (Lipinski definition) is 0. The quantitative estimate of drug-likeness (QED) is 0.678. The summed E-state index contributed by atoms with van der Waals surface area (Å²) in [7, 11) is 0. The Bertz CT molecular complexity index is 181. The zero-order valence-corrected chi connectivity index (χ0v) is 10.7. The molecule has 90 valence electrons. The Morgan fingerprint density at radius 1 is 1.27 bits per heavy atom. The molecule has 1 aliphatic rings. The summed E-state index contributed by atoms with van der Waals surface area (Å²) in [4.78, 5) is 2.42. The first-order valence-corrected chi connectivity index (χ1v) is 6.43. The molecule has 1 aliphatic heterocycles. The zero-order chi connectivity index (χ0) is 11.4. The van der Waals surface area contributed by atoms with E-state index in [0.29, 0.717) is 30.5 Å². The fraction of sp³-hybridized carbons (Fsp3) is 1.00. The third-order valence-corrected chi connectivity index (χ3v) is 4.16. The van der Waals surface area contributed by atoms with Gasteiger partial charge in [-0.3, -0.25) is 4.90 Å². The molecule has 1 saturated heterocycles. The van der Waals surface area contributed by atoms with Crippen molar-refractivity contribution in [1.82, 2.24) is 4.90 Å². The van der Waals surface area contributed by atoms with Crippen molar-refractivity contribution in [3.8, 4) is 0 Å². The monoisotopic (exact) mass is 215 g/mol. The largest absolute Gasteiger partial charge is 0.295 e. The maximum Gasteiger partial charge on any atom is 0.102 e. The van der Waals surface area contributed by atoms with Crippen molar-refractivity contribution in [1.29, 1.82) is 0 Å². The van der Waals surface area contributed by atoms with Crippen molar-refractivity contribution in [2.24, 2.45) is 11.8 Å². The Morgan fingerprint density at radius 3 is 2.40 bits per heavy atom. The molecule has 0 N–H and O–H groups in total. The molecule has 3 atom stereocenters. The highest BCUT2D eigenvalue weighted by atomic mass is 19.1. The van der Waals surface area contributed by atoms with Crippen molar-refractivity contribution < 1.29 is 4.39 Å². The normalized spacial score (nSPS) is 30.0. The van der Waals surface area contributed by atoms with Gasteiger partial charge in [0.05, 0.1) is 0 Å². The van der Waals surface area contributed by atoms with Crippen LogP contribution in [-0.4, -0.2) is 30.2 Å². The van der Waals surface area contributed by atoms with Gasteiger partial charge in [0, 0.05) is 18.6 Å².